The van der Waals surface area contributed by atoms with Gasteiger partial charge in [0.15, 0.2) is 11.5 Å². The summed E-state index contributed by atoms with van der Waals surface area (Å²) in [5.41, 5.74) is 1.51. The molecule has 0 aliphatic heterocycles. The maximum absolute atomic E-state index is 11.0. The molecular weight excluding hydrogens is 232 g/mol. The number of aryl methyl sites for hydroxylation is 1. The van der Waals surface area contributed by atoms with Gasteiger partial charge in [0.2, 0.25) is 0 Å². The van der Waals surface area contributed by atoms with E-state index in [4.69, 9.17) is 9.52 Å². The fourth-order valence-electron chi connectivity index (χ4n) is 1.55. The molecule has 2 aromatic rings. The number of aliphatic carboxylic acids is 1. The van der Waals surface area contributed by atoms with Crippen molar-refractivity contribution in [1.82, 2.24) is 4.98 Å². The first kappa shape index (κ1) is 12.4. The summed E-state index contributed by atoms with van der Waals surface area (Å²) in [5.74, 6) is -0.209. The molecule has 96 valence electrons. The summed E-state index contributed by atoms with van der Waals surface area (Å²) in [5, 5.41) is 12.1. The molecule has 1 aromatic carbocycles. The predicted molar refractivity (Wildman–Crippen MR) is 68.7 cm³/mol. The van der Waals surface area contributed by atoms with Gasteiger partial charge in [0, 0.05) is 25.2 Å². The molecule has 0 fully saturated rings. The molecule has 0 bridgehead atoms. The summed E-state index contributed by atoms with van der Waals surface area (Å²) in [4.78, 5) is 15.2. The number of carboxylic acids is 1. The largest absolute Gasteiger partial charge is 0.481 e. The summed E-state index contributed by atoms with van der Waals surface area (Å²) in [6.45, 7) is 5.50. The molecule has 5 heteroatoms. The molecule has 5 nitrogen and oxygen atoms in total. The number of nitrogens with zero attached hydrogens (tertiary/aromatic N) is 1. The maximum atomic E-state index is 11.0. The molecule has 0 spiro atoms. The van der Waals surface area contributed by atoms with E-state index in [9.17, 15) is 4.79 Å². The van der Waals surface area contributed by atoms with E-state index in [2.05, 4.69) is 10.3 Å². The number of fused-ring (bicyclic) bond motifs is 1. The number of carboxylic acid groups (broad SMARTS) is 1. The van der Waals surface area contributed by atoms with Crippen molar-refractivity contribution in [2.45, 2.75) is 20.8 Å². The molecule has 0 saturated carbocycles. The average Bonchev–Trinajstić information content (AvgIpc) is 2.65. The molecule has 0 aliphatic rings. The summed E-state index contributed by atoms with van der Waals surface area (Å²) in [6.07, 6.45) is 0. The third-order valence-corrected chi connectivity index (χ3v) is 2.81. The molecule has 0 radical (unpaired) electrons. The van der Waals surface area contributed by atoms with Gasteiger partial charge in [-0.25, -0.2) is 4.98 Å². The van der Waals surface area contributed by atoms with Crippen LogP contribution in [0.5, 0.6) is 0 Å². The minimum Gasteiger partial charge on any atom is -0.481 e. The van der Waals surface area contributed by atoms with Crippen molar-refractivity contribution < 1.29 is 14.3 Å². The van der Waals surface area contributed by atoms with Crippen molar-refractivity contribution in [3.8, 4) is 0 Å². The molecule has 18 heavy (non-hydrogen) atoms. The third-order valence-electron chi connectivity index (χ3n) is 2.81. The van der Waals surface area contributed by atoms with Gasteiger partial charge in [-0.2, -0.15) is 0 Å². The van der Waals surface area contributed by atoms with E-state index >= 15 is 0 Å². The van der Waals surface area contributed by atoms with Crippen LogP contribution in [0.1, 0.15) is 19.7 Å². The van der Waals surface area contributed by atoms with Crippen LogP contribution in [0.2, 0.25) is 0 Å². The lowest BCUT2D eigenvalue weighted by Gasteiger charge is -2.20. The predicted octanol–water partition coefficient (Wildman–Crippen LogP) is 2.66. The Morgan fingerprint density at radius 2 is 2.22 bits per heavy atom. The van der Waals surface area contributed by atoms with Crippen molar-refractivity contribution in [2.24, 2.45) is 5.41 Å². The lowest BCUT2D eigenvalue weighted by Crippen LogP contribution is -2.31. The quantitative estimate of drug-likeness (QED) is 0.870. The lowest BCUT2D eigenvalue weighted by molar-refractivity contribution is -0.146. The second kappa shape index (κ2) is 4.33. The Morgan fingerprint density at radius 3 is 2.89 bits per heavy atom. The third kappa shape index (κ3) is 2.45. The number of nitrogens with one attached hydrogen (secondary N) is 1. The van der Waals surface area contributed by atoms with E-state index in [-0.39, 0.29) is 0 Å². The molecule has 1 heterocycles. The number of aromatic nitrogens is 1. The Balaban J connectivity index is 2.15. The van der Waals surface area contributed by atoms with Gasteiger partial charge < -0.3 is 14.8 Å². The molecule has 2 rings (SSSR count). The van der Waals surface area contributed by atoms with Crippen LogP contribution in [0.3, 0.4) is 0 Å². The Kier molecular flexibility index (Phi) is 2.98. The first-order valence-electron chi connectivity index (χ1n) is 5.73. The van der Waals surface area contributed by atoms with Crippen LogP contribution < -0.4 is 5.32 Å². The van der Waals surface area contributed by atoms with Crippen LogP contribution in [-0.2, 0) is 4.79 Å². The number of hydrogen-bond donors (Lipinski definition) is 2. The zero-order chi connectivity index (χ0) is 13.3. The summed E-state index contributed by atoms with van der Waals surface area (Å²) in [6, 6.07) is 5.54. The van der Waals surface area contributed by atoms with Crippen LogP contribution in [-0.4, -0.2) is 22.6 Å². The zero-order valence-corrected chi connectivity index (χ0v) is 10.7. The van der Waals surface area contributed by atoms with Gasteiger partial charge >= 0.3 is 5.97 Å². The second-order valence-electron chi connectivity index (χ2n) is 4.96. The van der Waals surface area contributed by atoms with Gasteiger partial charge in [-0.3, -0.25) is 4.79 Å². The van der Waals surface area contributed by atoms with E-state index in [1.165, 1.54) is 0 Å². The Bertz CT molecular complexity index is 587. The zero-order valence-electron chi connectivity index (χ0n) is 10.7. The monoisotopic (exact) mass is 248 g/mol. The smallest absolute Gasteiger partial charge is 0.310 e. The van der Waals surface area contributed by atoms with E-state index in [1.807, 2.05) is 18.2 Å². The number of oxazole rings is 1. The van der Waals surface area contributed by atoms with Crippen LogP contribution in [0.15, 0.2) is 22.6 Å². The Labute approximate surface area is 105 Å². The second-order valence-corrected chi connectivity index (χ2v) is 4.96. The Morgan fingerprint density at radius 1 is 1.50 bits per heavy atom. The fourth-order valence-corrected chi connectivity index (χ4v) is 1.55. The minimum absolute atomic E-state index is 0.348. The van der Waals surface area contributed by atoms with Crippen molar-refractivity contribution in [2.75, 3.05) is 11.9 Å². The molecular formula is C13H16N2O3. The van der Waals surface area contributed by atoms with Crippen LogP contribution >= 0.6 is 0 Å². The first-order valence-corrected chi connectivity index (χ1v) is 5.73. The van der Waals surface area contributed by atoms with Gasteiger partial charge in [0.1, 0.15) is 5.52 Å². The minimum atomic E-state index is -0.827. The maximum Gasteiger partial charge on any atom is 0.310 e. The normalized spacial score (nSPS) is 11.7. The summed E-state index contributed by atoms with van der Waals surface area (Å²) >= 11 is 0. The number of hydrogen-bond acceptors (Lipinski definition) is 4. The van der Waals surface area contributed by atoms with E-state index < -0.39 is 11.4 Å². The van der Waals surface area contributed by atoms with Gasteiger partial charge in [-0.15, -0.1) is 0 Å². The molecule has 0 saturated heterocycles. The van der Waals surface area contributed by atoms with Gasteiger partial charge in [0.25, 0.3) is 0 Å². The molecule has 0 amide bonds. The molecule has 0 atom stereocenters. The summed E-state index contributed by atoms with van der Waals surface area (Å²) in [7, 11) is 0. The van der Waals surface area contributed by atoms with Crippen molar-refractivity contribution in [3.05, 3.63) is 24.1 Å². The number of carbonyl (C=O) groups is 1. The topological polar surface area (TPSA) is 75.4 Å². The van der Waals surface area contributed by atoms with E-state index in [0.29, 0.717) is 18.0 Å². The highest BCUT2D eigenvalue weighted by Crippen LogP contribution is 2.22. The first-order chi connectivity index (χ1) is 8.38. The fraction of sp³-hybridized carbons (Fsp3) is 0.385. The van der Waals surface area contributed by atoms with Crippen molar-refractivity contribution in [3.63, 3.8) is 0 Å². The molecule has 1 aromatic heterocycles. The van der Waals surface area contributed by atoms with Crippen LogP contribution in [0.25, 0.3) is 11.1 Å². The number of anilines is 1. The Hall–Kier alpha value is -2.04. The van der Waals surface area contributed by atoms with Crippen molar-refractivity contribution in [1.29, 1.82) is 0 Å². The van der Waals surface area contributed by atoms with Gasteiger partial charge in [0.05, 0.1) is 5.41 Å². The van der Waals surface area contributed by atoms with Gasteiger partial charge in [-0.1, -0.05) is 0 Å². The highest BCUT2D eigenvalue weighted by molar-refractivity contribution is 5.78. The van der Waals surface area contributed by atoms with Crippen molar-refractivity contribution >= 4 is 22.8 Å². The van der Waals surface area contributed by atoms with Gasteiger partial charge in [-0.05, 0) is 26.0 Å². The number of rotatable bonds is 4. The average molecular weight is 248 g/mol. The van der Waals surface area contributed by atoms with Crippen LogP contribution in [0.4, 0.5) is 5.69 Å². The highest BCUT2D eigenvalue weighted by atomic mass is 16.4. The highest BCUT2D eigenvalue weighted by Gasteiger charge is 2.26. The SMILES string of the molecule is Cc1nc2ccc(NCC(C)(C)C(=O)O)cc2o1. The number of benzene rings is 1. The van der Waals surface area contributed by atoms with E-state index in [1.54, 1.807) is 20.8 Å². The molecule has 0 unspecified atom stereocenters. The lowest BCUT2D eigenvalue weighted by atomic mass is 9.94. The van der Waals surface area contributed by atoms with Crippen LogP contribution in [0, 0.1) is 12.3 Å². The van der Waals surface area contributed by atoms with E-state index in [0.717, 1.165) is 11.2 Å². The molecule has 0 aliphatic carbocycles. The molecule has 2 N–H and O–H groups in total. The standard InChI is InChI=1S/C13H16N2O3/c1-8-15-10-5-4-9(6-11(10)18-8)14-7-13(2,3)12(16)17/h4-6,14H,7H2,1-3H3,(H,16,17). The summed E-state index contributed by atoms with van der Waals surface area (Å²) < 4.78 is 5.42.